The van der Waals surface area contributed by atoms with Crippen molar-refractivity contribution in [3.05, 3.63) is 23.2 Å². The SMILES string of the molecule is NCC(=O)NCC(=O)Nc1ccc(OC(F)F)c(Cl)c1. The molecule has 6 nitrogen and oxygen atoms in total. The number of carbonyl (C=O) groups is 2. The number of hydrogen-bond donors (Lipinski definition) is 3. The van der Waals surface area contributed by atoms with Gasteiger partial charge < -0.3 is 21.1 Å². The Morgan fingerprint density at radius 1 is 1.35 bits per heavy atom. The molecule has 4 N–H and O–H groups in total. The van der Waals surface area contributed by atoms with Gasteiger partial charge in [0.15, 0.2) is 0 Å². The maximum atomic E-state index is 12.0. The van der Waals surface area contributed by atoms with Gasteiger partial charge in [0.1, 0.15) is 5.75 Å². The number of benzene rings is 1. The summed E-state index contributed by atoms with van der Waals surface area (Å²) >= 11 is 5.71. The van der Waals surface area contributed by atoms with Gasteiger partial charge in [-0.3, -0.25) is 9.59 Å². The van der Waals surface area contributed by atoms with Crippen molar-refractivity contribution in [2.24, 2.45) is 5.73 Å². The molecule has 0 heterocycles. The molecule has 0 bridgehead atoms. The minimum absolute atomic E-state index is 0.0749. The van der Waals surface area contributed by atoms with Crippen LogP contribution in [0.5, 0.6) is 5.75 Å². The highest BCUT2D eigenvalue weighted by Crippen LogP contribution is 2.28. The van der Waals surface area contributed by atoms with Crippen molar-refractivity contribution in [2.75, 3.05) is 18.4 Å². The van der Waals surface area contributed by atoms with Gasteiger partial charge in [-0.1, -0.05) is 11.6 Å². The van der Waals surface area contributed by atoms with Crippen LogP contribution in [-0.4, -0.2) is 31.5 Å². The number of halogens is 3. The third kappa shape index (κ3) is 5.37. The molecule has 1 aromatic rings. The van der Waals surface area contributed by atoms with E-state index in [1.54, 1.807) is 0 Å². The molecule has 0 aromatic heterocycles. The minimum atomic E-state index is -2.99. The maximum absolute atomic E-state index is 12.0. The maximum Gasteiger partial charge on any atom is 0.387 e. The fourth-order valence-electron chi connectivity index (χ4n) is 1.23. The Labute approximate surface area is 118 Å². The lowest BCUT2D eigenvalue weighted by molar-refractivity contribution is -0.123. The molecule has 0 aliphatic heterocycles. The van der Waals surface area contributed by atoms with Crippen molar-refractivity contribution < 1.29 is 23.1 Å². The first-order valence-electron chi connectivity index (χ1n) is 5.43. The summed E-state index contributed by atoms with van der Waals surface area (Å²) in [5, 5.41) is 4.62. The average molecular weight is 308 g/mol. The van der Waals surface area contributed by atoms with E-state index in [4.69, 9.17) is 17.3 Å². The van der Waals surface area contributed by atoms with Crippen molar-refractivity contribution in [3.8, 4) is 5.75 Å². The second-order valence-corrected chi connectivity index (χ2v) is 3.96. The van der Waals surface area contributed by atoms with Crippen LogP contribution in [0.25, 0.3) is 0 Å². The van der Waals surface area contributed by atoms with Gasteiger partial charge in [0, 0.05) is 5.69 Å². The Morgan fingerprint density at radius 2 is 2.05 bits per heavy atom. The van der Waals surface area contributed by atoms with Crippen LogP contribution >= 0.6 is 11.6 Å². The summed E-state index contributed by atoms with van der Waals surface area (Å²) < 4.78 is 28.2. The van der Waals surface area contributed by atoms with Gasteiger partial charge in [-0.2, -0.15) is 8.78 Å². The first-order chi connectivity index (χ1) is 9.42. The van der Waals surface area contributed by atoms with Gasteiger partial charge in [0.25, 0.3) is 0 Å². The average Bonchev–Trinajstić information content (AvgIpc) is 2.38. The molecule has 0 aliphatic rings. The molecular weight excluding hydrogens is 296 g/mol. The van der Waals surface area contributed by atoms with Crippen LogP contribution in [0, 0.1) is 0 Å². The molecule has 2 amide bonds. The Morgan fingerprint density at radius 3 is 2.60 bits per heavy atom. The van der Waals surface area contributed by atoms with Crippen molar-refractivity contribution in [2.45, 2.75) is 6.61 Å². The summed E-state index contributed by atoms with van der Waals surface area (Å²) in [6.07, 6.45) is 0. The molecule has 0 radical (unpaired) electrons. The van der Waals surface area contributed by atoms with Crippen LogP contribution in [0.3, 0.4) is 0 Å². The van der Waals surface area contributed by atoms with Crippen LogP contribution in [-0.2, 0) is 9.59 Å². The number of alkyl halides is 2. The van der Waals surface area contributed by atoms with E-state index in [-0.39, 0.29) is 29.5 Å². The molecule has 0 saturated carbocycles. The Balaban J connectivity index is 2.58. The molecule has 0 atom stereocenters. The lowest BCUT2D eigenvalue weighted by atomic mass is 10.3. The number of carbonyl (C=O) groups excluding carboxylic acids is 2. The van der Waals surface area contributed by atoms with Crippen LogP contribution in [0.15, 0.2) is 18.2 Å². The van der Waals surface area contributed by atoms with E-state index in [0.29, 0.717) is 0 Å². The van der Waals surface area contributed by atoms with E-state index in [2.05, 4.69) is 15.4 Å². The molecule has 0 saturated heterocycles. The predicted molar refractivity (Wildman–Crippen MR) is 68.8 cm³/mol. The van der Waals surface area contributed by atoms with Crippen LogP contribution < -0.4 is 21.1 Å². The minimum Gasteiger partial charge on any atom is -0.433 e. The Hall–Kier alpha value is -1.93. The van der Waals surface area contributed by atoms with E-state index < -0.39 is 18.4 Å². The number of amides is 2. The number of nitrogens with two attached hydrogens (primary N) is 1. The largest absolute Gasteiger partial charge is 0.433 e. The van der Waals surface area contributed by atoms with E-state index in [1.165, 1.54) is 18.2 Å². The highest BCUT2D eigenvalue weighted by molar-refractivity contribution is 6.32. The second kappa shape index (κ2) is 7.61. The third-order valence-corrected chi connectivity index (χ3v) is 2.36. The number of hydrogen-bond acceptors (Lipinski definition) is 4. The zero-order chi connectivity index (χ0) is 15.1. The second-order valence-electron chi connectivity index (χ2n) is 3.55. The highest BCUT2D eigenvalue weighted by Gasteiger charge is 2.10. The van der Waals surface area contributed by atoms with E-state index in [9.17, 15) is 18.4 Å². The standard InChI is InChI=1S/C11H12ClF2N3O3/c12-7-3-6(1-2-8(7)20-11(13)14)17-10(19)5-16-9(18)4-15/h1-3,11H,4-5,15H2,(H,16,18)(H,17,19). The molecule has 0 aliphatic carbocycles. The smallest absolute Gasteiger partial charge is 0.387 e. The molecule has 9 heteroatoms. The van der Waals surface area contributed by atoms with Crippen LogP contribution in [0.4, 0.5) is 14.5 Å². The number of rotatable bonds is 6. The zero-order valence-corrected chi connectivity index (χ0v) is 10.9. The topological polar surface area (TPSA) is 93.5 Å². The van der Waals surface area contributed by atoms with Gasteiger partial charge in [-0.25, -0.2) is 0 Å². The predicted octanol–water partition coefficient (Wildman–Crippen LogP) is 0.955. The summed E-state index contributed by atoms with van der Waals surface area (Å²) in [6.45, 7) is -3.47. The normalized spacial score (nSPS) is 10.2. The van der Waals surface area contributed by atoms with E-state index >= 15 is 0 Å². The lowest BCUT2D eigenvalue weighted by Crippen LogP contribution is -2.36. The van der Waals surface area contributed by atoms with Gasteiger partial charge in [-0.05, 0) is 18.2 Å². The Kier molecular flexibility index (Phi) is 6.13. The highest BCUT2D eigenvalue weighted by atomic mass is 35.5. The number of ether oxygens (including phenoxy) is 1. The fourth-order valence-corrected chi connectivity index (χ4v) is 1.45. The van der Waals surface area contributed by atoms with Crippen molar-refractivity contribution >= 4 is 29.1 Å². The van der Waals surface area contributed by atoms with Crippen molar-refractivity contribution in [1.29, 1.82) is 0 Å². The lowest BCUT2D eigenvalue weighted by Gasteiger charge is -2.10. The van der Waals surface area contributed by atoms with Gasteiger partial charge in [0.05, 0.1) is 18.1 Å². The monoisotopic (exact) mass is 307 g/mol. The zero-order valence-electron chi connectivity index (χ0n) is 10.2. The molecular formula is C11H12ClF2N3O3. The van der Waals surface area contributed by atoms with Crippen LogP contribution in [0.2, 0.25) is 5.02 Å². The molecule has 20 heavy (non-hydrogen) atoms. The van der Waals surface area contributed by atoms with Gasteiger partial charge >= 0.3 is 6.61 Å². The summed E-state index contributed by atoms with van der Waals surface area (Å²) in [7, 11) is 0. The Bertz CT molecular complexity index is 500. The summed E-state index contributed by atoms with van der Waals surface area (Å²) in [4.78, 5) is 22.3. The third-order valence-electron chi connectivity index (χ3n) is 2.06. The van der Waals surface area contributed by atoms with E-state index in [0.717, 1.165) is 0 Å². The van der Waals surface area contributed by atoms with Crippen molar-refractivity contribution in [3.63, 3.8) is 0 Å². The van der Waals surface area contributed by atoms with Crippen molar-refractivity contribution in [1.82, 2.24) is 5.32 Å². The number of nitrogens with one attached hydrogen (secondary N) is 2. The molecule has 0 fully saturated rings. The first kappa shape index (κ1) is 16.1. The van der Waals surface area contributed by atoms with E-state index in [1.807, 2.05) is 0 Å². The molecule has 1 rings (SSSR count). The fraction of sp³-hybridized carbons (Fsp3) is 0.273. The molecule has 0 spiro atoms. The summed E-state index contributed by atoms with van der Waals surface area (Å²) in [6, 6.07) is 3.79. The summed E-state index contributed by atoms with van der Waals surface area (Å²) in [5.74, 6) is -1.18. The molecule has 1 aromatic carbocycles. The molecule has 0 unspecified atom stereocenters. The number of anilines is 1. The van der Waals surface area contributed by atoms with Gasteiger partial charge in [-0.15, -0.1) is 0 Å². The first-order valence-corrected chi connectivity index (χ1v) is 5.81. The quantitative estimate of drug-likeness (QED) is 0.729. The summed E-state index contributed by atoms with van der Waals surface area (Å²) in [5.41, 5.74) is 5.33. The van der Waals surface area contributed by atoms with Crippen LogP contribution in [0.1, 0.15) is 0 Å². The molecule has 110 valence electrons. The van der Waals surface area contributed by atoms with Gasteiger partial charge in [0.2, 0.25) is 11.8 Å².